The number of carbonyl (C=O) groups excluding carboxylic acids is 1. The highest BCUT2D eigenvalue weighted by atomic mass is 16.3. The van der Waals surface area contributed by atoms with E-state index in [9.17, 15) is 4.79 Å². The van der Waals surface area contributed by atoms with Gasteiger partial charge in [0, 0.05) is 5.56 Å². The van der Waals surface area contributed by atoms with Crippen LogP contribution in [-0.2, 0) is 0 Å². The Morgan fingerprint density at radius 3 is 2.47 bits per heavy atom. The van der Waals surface area contributed by atoms with E-state index >= 15 is 0 Å². The first-order chi connectivity index (χ1) is 7.13. The Labute approximate surface area is 90.3 Å². The van der Waals surface area contributed by atoms with Crippen molar-refractivity contribution in [1.82, 2.24) is 4.90 Å². The molecule has 0 radical (unpaired) electrons. The van der Waals surface area contributed by atoms with E-state index in [1.54, 1.807) is 12.1 Å². The largest absolute Gasteiger partial charge is 0.508 e. The van der Waals surface area contributed by atoms with E-state index in [4.69, 9.17) is 5.11 Å². The molecule has 0 atom stereocenters. The molecule has 0 aromatic heterocycles. The summed E-state index contributed by atoms with van der Waals surface area (Å²) in [7, 11) is 1.93. The average Bonchev–Trinajstić information content (AvgIpc) is 2.18. The number of rotatable bonds is 5. The minimum atomic E-state index is 0.0888. The van der Waals surface area contributed by atoms with Gasteiger partial charge in [-0.2, -0.15) is 0 Å². The van der Waals surface area contributed by atoms with E-state index in [1.165, 1.54) is 12.1 Å². The van der Waals surface area contributed by atoms with Crippen LogP contribution < -0.4 is 0 Å². The maximum absolute atomic E-state index is 11.7. The van der Waals surface area contributed by atoms with Gasteiger partial charge >= 0.3 is 0 Å². The van der Waals surface area contributed by atoms with Crippen LogP contribution in [0.2, 0.25) is 0 Å². The number of ketones is 1. The number of likely N-dealkylation sites (N-methyl/N-ethyl adjacent to an activating group) is 1. The molecule has 0 saturated heterocycles. The number of aromatic hydroxyl groups is 1. The lowest BCUT2D eigenvalue weighted by atomic mass is 10.1. The first-order valence-corrected chi connectivity index (χ1v) is 5.14. The molecule has 0 spiro atoms. The zero-order chi connectivity index (χ0) is 11.3. The van der Waals surface area contributed by atoms with Crippen LogP contribution in [0.25, 0.3) is 0 Å². The maximum atomic E-state index is 11.7. The summed E-state index contributed by atoms with van der Waals surface area (Å²) in [5.41, 5.74) is 0.649. The van der Waals surface area contributed by atoms with Crippen molar-refractivity contribution in [3.8, 4) is 5.75 Å². The van der Waals surface area contributed by atoms with Crippen molar-refractivity contribution in [2.75, 3.05) is 20.1 Å². The molecule has 0 aliphatic rings. The summed E-state index contributed by atoms with van der Waals surface area (Å²) in [5.74, 6) is 0.277. The van der Waals surface area contributed by atoms with Crippen molar-refractivity contribution in [1.29, 1.82) is 0 Å². The van der Waals surface area contributed by atoms with Crippen molar-refractivity contribution in [3.63, 3.8) is 0 Å². The molecule has 0 saturated carbocycles. The van der Waals surface area contributed by atoms with Gasteiger partial charge in [-0.1, -0.05) is 6.92 Å². The van der Waals surface area contributed by atoms with Crippen molar-refractivity contribution in [3.05, 3.63) is 29.8 Å². The van der Waals surface area contributed by atoms with Gasteiger partial charge in [-0.25, -0.2) is 0 Å². The number of hydrogen-bond donors (Lipinski definition) is 1. The number of hydrogen-bond acceptors (Lipinski definition) is 3. The lowest BCUT2D eigenvalue weighted by Gasteiger charge is -2.14. The molecule has 1 aromatic carbocycles. The molecule has 0 heterocycles. The summed E-state index contributed by atoms with van der Waals surface area (Å²) in [6, 6.07) is 6.37. The number of phenolic OH excluding ortho intramolecular Hbond substituents is 1. The SMILES string of the molecule is CCCN(C)CC(=O)c1ccc(O)cc1. The fourth-order valence-corrected chi connectivity index (χ4v) is 1.44. The van der Waals surface area contributed by atoms with Crippen LogP contribution in [0.4, 0.5) is 0 Å². The van der Waals surface area contributed by atoms with Crippen molar-refractivity contribution in [2.45, 2.75) is 13.3 Å². The highest BCUT2D eigenvalue weighted by Gasteiger charge is 2.08. The lowest BCUT2D eigenvalue weighted by molar-refractivity contribution is 0.0946. The van der Waals surface area contributed by atoms with Crippen molar-refractivity contribution in [2.24, 2.45) is 0 Å². The topological polar surface area (TPSA) is 40.5 Å². The molecule has 0 bridgehead atoms. The first-order valence-electron chi connectivity index (χ1n) is 5.14. The molecule has 1 N–H and O–H groups in total. The highest BCUT2D eigenvalue weighted by Crippen LogP contribution is 2.10. The quantitative estimate of drug-likeness (QED) is 0.750. The minimum Gasteiger partial charge on any atom is -0.508 e. The summed E-state index contributed by atoms with van der Waals surface area (Å²) >= 11 is 0. The second-order valence-electron chi connectivity index (χ2n) is 3.71. The summed E-state index contributed by atoms with van der Waals surface area (Å²) in [4.78, 5) is 13.7. The molecular weight excluding hydrogens is 190 g/mol. The molecular formula is C12H17NO2. The summed E-state index contributed by atoms with van der Waals surface area (Å²) in [6.07, 6.45) is 1.04. The number of carbonyl (C=O) groups is 1. The molecule has 82 valence electrons. The summed E-state index contributed by atoms with van der Waals surface area (Å²) in [6.45, 7) is 3.43. The van der Waals surface area contributed by atoms with Crippen LogP contribution in [0.3, 0.4) is 0 Å². The van der Waals surface area contributed by atoms with E-state index in [2.05, 4.69) is 6.92 Å². The van der Waals surface area contributed by atoms with Gasteiger partial charge in [0.2, 0.25) is 0 Å². The van der Waals surface area contributed by atoms with E-state index in [0.29, 0.717) is 12.1 Å². The third kappa shape index (κ3) is 3.72. The fourth-order valence-electron chi connectivity index (χ4n) is 1.44. The smallest absolute Gasteiger partial charge is 0.176 e. The molecule has 1 aromatic rings. The van der Waals surface area contributed by atoms with E-state index in [-0.39, 0.29) is 11.5 Å². The Kier molecular flexibility index (Phi) is 4.31. The van der Waals surface area contributed by atoms with Crippen LogP contribution in [0.15, 0.2) is 24.3 Å². The number of Topliss-reactive ketones (excluding diaryl/α,β-unsaturated/α-hetero) is 1. The second kappa shape index (κ2) is 5.51. The maximum Gasteiger partial charge on any atom is 0.176 e. The normalized spacial score (nSPS) is 10.6. The van der Waals surface area contributed by atoms with Gasteiger partial charge in [-0.05, 0) is 44.3 Å². The number of phenols is 1. The van der Waals surface area contributed by atoms with Gasteiger partial charge in [0.25, 0.3) is 0 Å². The zero-order valence-electron chi connectivity index (χ0n) is 9.23. The van der Waals surface area contributed by atoms with Crippen LogP contribution in [0, 0.1) is 0 Å². The third-order valence-corrected chi connectivity index (χ3v) is 2.21. The minimum absolute atomic E-state index is 0.0888. The lowest BCUT2D eigenvalue weighted by Crippen LogP contribution is -2.26. The third-order valence-electron chi connectivity index (χ3n) is 2.21. The van der Waals surface area contributed by atoms with Gasteiger partial charge in [0.05, 0.1) is 6.54 Å². The average molecular weight is 207 g/mol. The van der Waals surface area contributed by atoms with Crippen LogP contribution in [0.5, 0.6) is 5.75 Å². The van der Waals surface area contributed by atoms with E-state index in [1.807, 2.05) is 11.9 Å². The molecule has 0 amide bonds. The molecule has 0 aliphatic heterocycles. The summed E-state index contributed by atoms with van der Waals surface area (Å²) < 4.78 is 0. The van der Waals surface area contributed by atoms with Crippen molar-refractivity contribution >= 4 is 5.78 Å². The second-order valence-corrected chi connectivity index (χ2v) is 3.71. The Morgan fingerprint density at radius 1 is 1.33 bits per heavy atom. The summed E-state index contributed by atoms with van der Waals surface area (Å²) in [5, 5.41) is 9.08. The van der Waals surface area contributed by atoms with Gasteiger partial charge in [0.1, 0.15) is 5.75 Å². The number of nitrogens with zero attached hydrogens (tertiary/aromatic N) is 1. The van der Waals surface area contributed by atoms with Gasteiger partial charge in [-0.15, -0.1) is 0 Å². The van der Waals surface area contributed by atoms with Crippen molar-refractivity contribution < 1.29 is 9.90 Å². The molecule has 0 aliphatic carbocycles. The Morgan fingerprint density at radius 2 is 1.93 bits per heavy atom. The Hall–Kier alpha value is -1.35. The molecule has 0 fully saturated rings. The predicted molar refractivity (Wildman–Crippen MR) is 60.2 cm³/mol. The van der Waals surface area contributed by atoms with E-state index in [0.717, 1.165) is 13.0 Å². The van der Waals surface area contributed by atoms with Gasteiger partial charge < -0.3 is 5.11 Å². The fraction of sp³-hybridized carbons (Fsp3) is 0.417. The van der Waals surface area contributed by atoms with Crippen LogP contribution >= 0.6 is 0 Å². The van der Waals surface area contributed by atoms with E-state index < -0.39 is 0 Å². The highest BCUT2D eigenvalue weighted by molar-refractivity contribution is 5.97. The monoisotopic (exact) mass is 207 g/mol. The zero-order valence-corrected chi connectivity index (χ0v) is 9.23. The van der Waals surface area contributed by atoms with Crippen LogP contribution in [-0.4, -0.2) is 35.9 Å². The number of benzene rings is 1. The molecule has 0 unspecified atom stereocenters. The molecule has 1 rings (SSSR count). The Balaban J connectivity index is 2.57. The molecule has 15 heavy (non-hydrogen) atoms. The Bertz CT molecular complexity index is 319. The molecule has 3 heteroatoms. The first kappa shape index (κ1) is 11.7. The standard InChI is InChI=1S/C12H17NO2/c1-3-8-13(2)9-12(15)10-4-6-11(14)7-5-10/h4-7,14H,3,8-9H2,1-2H3. The van der Waals surface area contributed by atoms with Gasteiger partial charge in [-0.3, -0.25) is 9.69 Å². The van der Waals surface area contributed by atoms with Crippen LogP contribution in [0.1, 0.15) is 23.7 Å². The predicted octanol–water partition coefficient (Wildman–Crippen LogP) is 1.92. The molecule has 3 nitrogen and oxygen atoms in total. The van der Waals surface area contributed by atoms with Gasteiger partial charge in [0.15, 0.2) is 5.78 Å².